The normalized spacial score (nSPS) is 18.9. The van der Waals surface area contributed by atoms with Gasteiger partial charge in [0.1, 0.15) is 0 Å². The summed E-state index contributed by atoms with van der Waals surface area (Å²) in [5.41, 5.74) is 0.617. The van der Waals surface area contributed by atoms with Crippen molar-refractivity contribution in [3.63, 3.8) is 0 Å². The first-order valence-corrected chi connectivity index (χ1v) is 3.60. The van der Waals surface area contributed by atoms with Crippen molar-refractivity contribution in [2.45, 2.75) is 13.3 Å². The molecule has 0 atom stereocenters. The summed E-state index contributed by atoms with van der Waals surface area (Å²) in [5, 5.41) is 0. The number of thiocarbonyl (C=S) groups is 1. The molecule has 1 rings (SSSR count). The minimum atomic E-state index is -0.00694. The van der Waals surface area contributed by atoms with Crippen LogP contribution >= 0.6 is 12.2 Å². The lowest BCUT2D eigenvalue weighted by Gasteiger charge is -2.10. The van der Waals surface area contributed by atoms with Crippen LogP contribution in [0, 0.1) is 0 Å². The van der Waals surface area contributed by atoms with E-state index in [-0.39, 0.29) is 5.91 Å². The van der Waals surface area contributed by atoms with E-state index in [0.29, 0.717) is 23.5 Å². The third-order valence-electron chi connectivity index (χ3n) is 1.53. The highest BCUT2D eigenvalue weighted by atomic mass is 32.1. The number of hydrogen-bond acceptors (Lipinski definition) is 2. The van der Waals surface area contributed by atoms with Crippen LogP contribution in [0.4, 0.5) is 0 Å². The lowest BCUT2D eigenvalue weighted by atomic mass is 10.3. The van der Waals surface area contributed by atoms with E-state index < -0.39 is 0 Å². The van der Waals surface area contributed by atoms with Gasteiger partial charge in [-0.2, -0.15) is 0 Å². The molecule has 0 aliphatic carbocycles. The van der Waals surface area contributed by atoms with Crippen molar-refractivity contribution in [2.75, 3.05) is 6.54 Å². The van der Waals surface area contributed by atoms with Crippen molar-refractivity contribution < 1.29 is 4.79 Å². The van der Waals surface area contributed by atoms with E-state index in [1.165, 1.54) is 0 Å². The number of likely N-dealkylation sites (tertiary alicyclic amines) is 1. The lowest BCUT2D eigenvalue weighted by molar-refractivity contribution is -0.122. The summed E-state index contributed by atoms with van der Waals surface area (Å²) in [5.74, 6) is -0.00694. The van der Waals surface area contributed by atoms with Crippen LogP contribution in [0.2, 0.25) is 0 Å². The van der Waals surface area contributed by atoms with E-state index >= 15 is 0 Å². The fraction of sp³-hybridized carbons (Fsp3) is 0.429. The molecular weight excluding hydrogens is 146 g/mol. The number of likely N-dealkylation sites (N-methyl/N-ethyl adjacent to an activating group) is 1. The molecule has 0 aromatic rings. The molecule has 2 nitrogen and oxygen atoms in total. The van der Waals surface area contributed by atoms with E-state index in [2.05, 4.69) is 6.58 Å². The molecule has 1 amide bonds. The Balaban J connectivity index is 2.84. The topological polar surface area (TPSA) is 20.3 Å². The number of carbonyl (C=O) groups is 1. The van der Waals surface area contributed by atoms with E-state index in [4.69, 9.17) is 12.2 Å². The van der Waals surface area contributed by atoms with Crippen molar-refractivity contribution >= 4 is 23.1 Å². The highest BCUT2D eigenvalue weighted by molar-refractivity contribution is 7.80. The fourth-order valence-electron chi connectivity index (χ4n) is 0.978. The number of amides is 1. The minimum absolute atomic E-state index is 0.00694. The zero-order valence-electron chi connectivity index (χ0n) is 5.89. The molecule has 1 fully saturated rings. The van der Waals surface area contributed by atoms with Crippen LogP contribution in [-0.4, -0.2) is 22.3 Å². The van der Waals surface area contributed by atoms with Crippen molar-refractivity contribution in [3.8, 4) is 0 Å². The first kappa shape index (κ1) is 7.41. The van der Waals surface area contributed by atoms with E-state index in [0.717, 1.165) is 0 Å². The summed E-state index contributed by atoms with van der Waals surface area (Å²) < 4.78 is 0. The second kappa shape index (κ2) is 2.50. The maximum Gasteiger partial charge on any atom is 0.254 e. The molecule has 0 saturated carbocycles. The largest absolute Gasteiger partial charge is 0.303 e. The first-order valence-electron chi connectivity index (χ1n) is 3.19. The molecule has 0 aromatic heterocycles. The molecule has 3 heteroatoms. The van der Waals surface area contributed by atoms with Gasteiger partial charge in [0.25, 0.3) is 5.91 Å². The molecule has 0 bridgehead atoms. The van der Waals surface area contributed by atoms with Gasteiger partial charge in [0.15, 0.2) is 0 Å². The van der Waals surface area contributed by atoms with E-state index in [1.807, 2.05) is 6.92 Å². The Bertz CT molecular complexity index is 210. The van der Waals surface area contributed by atoms with Crippen molar-refractivity contribution in [3.05, 3.63) is 12.2 Å². The third kappa shape index (κ3) is 0.968. The summed E-state index contributed by atoms with van der Waals surface area (Å²) in [4.78, 5) is 13.4. The van der Waals surface area contributed by atoms with Gasteiger partial charge in [0.2, 0.25) is 0 Å². The molecule has 0 radical (unpaired) electrons. The minimum Gasteiger partial charge on any atom is -0.303 e. The van der Waals surface area contributed by atoms with Gasteiger partial charge in [-0.3, -0.25) is 4.79 Å². The van der Waals surface area contributed by atoms with Crippen molar-refractivity contribution in [1.82, 2.24) is 4.90 Å². The van der Waals surface area contributed by atoms with Crippen LogP contribution < -0.4 is 0 Å². The van der Waals surface area contributed by atoms with Crippen LogP contribution in [0.1, 0.15) is 13.3 Å². The van der Waals surface area contributed by atoms with Gasteiger partial charge in [-0.25, -0.2) is 0 Å². The van der Waals surface area contributed by atoms with Gasteiger partial charge in [0, 0.05) is 18.5 Å². The number of hydrogen-bond donors (Lipinski definition) is 0. The average molecular weight is 155 g/mol. The molecule has 1 saturated heterocycles. The standard InChI is InChI=1S/C7H9NOS/c1-3-8-6(10)4-5(2)7(8)9/h2-4H2,1H3. The van der Waals surface area contributed by atoms with Gasteiger partial charge in [-0.1, -0.05) is 18.8 Å². The van der Waals surface area contributed by atoms with Gasteiger partial charge in [0.05, 0.1) is 4.99 Å². The molecule has 0 aromatic carbocycles. The Morgan fingerprint density at radius 3 is 2.60 bits per heavy atom. The van der Waals surface area contributed by atoms with Crippen LogP contribution in [0.3, 0.4) is 0 Å². The Hall–Kier alpha value is -0.700. The highest BCUT2D eigenvalue weighted by Gasteiger charge is 2.27. The molecule has 10 heavy (non-hydrogen) atoms. The lowest BCUT2D eigenvalue weighted by Crippen LogP contribution is -2.27. The van der Waals surface area contributed by atoms with Crippen LogP contribution in [0.25, 0.3) is 0 Å². The SMILES string of the molecule is C=C1CC(=S)N(CC)C1=O. The zero-order valence-corrected chi connectivity index (χ0v) is 6.70. The maximum absolute atomic E-state index is 11.1. The number of carbonyl (C=O) groups excluding carboxylic acids is 1. The Labute approximate surface area is 65.5 Å². The molecule has 1 aliphatic heterocycles. The van der Waals surface area contributed by atoms with Gasteiger partial charge in [-0.15, -0.1) is 0 Å². The summed E-state index contributed by atoms with van der Waals surface area (Å²) in [6.45, 7) is 6.17. The monoisotopic (exact) mass is 155 g/mol. The Morgan fingerprint density at radius 1 is 1.80 bits per heavy atom. The van der Waals surface area contributed by atoms with Gasteiger partial charge >= 0.3 is 0 Å². The quantitative estimate of drug-likeness (QED) is 0.418. The molecule has 0 N–H and O–H groups in total. The summed E-state index contributed by atoms with van der Waals surface area (Å²) in [6, 6.07) is 0. The van der Waals surface area contributed by atoms with E-state index in [1.54, 1.807) is 4.90 Å². The number of rotatable bonds is 1. The van der Waals surface area contributed by atoms with Crippen molar-refractivity contribution in [2.24, 2.45) is 0 Å². The highest BCUT2D eigenvalue weighted by Crippen LogP contribution is 2.17. The summed E-state index contributed by atoms with van der Waals surface area (Å²) in [6.07, 6.45) is 0.571. The predicted molar refractivity (Wildman–Crippen MR) is 43.7 cm³/mol. The molecule has 54 valence electrons. The third-order valence-corrected chi connectivity index (χ3v) is 1.89. The van der Waals surface area contributed by atoms with Crippen LogP contribution in [-0.2, 0) is 4.79 Å². The first-order chi connectivity index (χ1) is 4.66. The maximum atomic E-state index is 11.1. The summed E-state index contributed by atoms with van der Waals surface area (Å²) in [7, 11) is 0. The predicted octanol–water partition coefficient (Wildman–Crippen LogP) is 1.12. The second-order valence-electron chi connectivity index (χ2n) is 2.22. The zero-order chi connectivity index (χ0) is 7.72. The molecular formula is C7H9NOS. The van der Waals surface area contributed by atoms with Crippen molar-refractivity contribution in [1.29, 1.82) is 0 Å². The number of nitrogens with zero attached hydrogens (tertiary/aromatic N) is 1. The van der Waals surface area contributed by atoms with Crippen LogP contribution in [0.15, 0.2) is 12.2 Å². The molecule has 0 spiro atoms. The van der Waals surface area contributed by atoms with E-state index in [9.17, 15) is 4.79 Å². The molecule has 0 unspecified atom stereocenters. The van der Waals surface area contributed by atoms with Gasteiger partial charge < -0.3 is 4.90 Å². The Kier molecular flexibility index (Phi) is 1.85. The Morgan fingerprint density at radius 2 is 2.40 bits per heavy atom. The molecule has 1 aliphatic rings. The van der Waals surface area contributed by atoms with Crippen LogP contribution in [0.5, 0.6) is 0 Å². The average Bonchev–Trinajstić information content (AvgIpc) is 2.09. The smallest absolute Gasteiger partial charge is 0.254 e. The molecule has 1 heterocycles. The second-order valence-corrected chi connectivity index (χ2v) is 2.69. The van der Waals surface area contributed by atoms with Gasteiger partial charge in [-0.05, 0) is 6.92 Å². The fourth-order valence-corrected chi connectivity index (χ4v) is 1.36. The summed E-state index contributed by atoms with van der Waals surface area (Å²) >= 11 is 4.94.